The minimum atomic E-state index is -0.467. The molecule has 0 saturated carbocycles. The van der Waals surface area contributed by atoms with Crippen molar-refractivity contribution in [1.29, 1.82) is 5.26 Å². The molecular formula is C5H8N2O2. The van der Waals surface area contributed by atoms with Gasteiger partial charge in [-0.3, -0.25) is 4.79 Å². The van der Waals surface area contributed by atoms with Gasteiger partial charge in [-0.1, -0.05) is 0 Å². The van der Waals surface area contributed by atoms with Gasteiger partial charge in [-0.15, -0.1) is 0 Å². The largest absolute Gasteiger partial charge is 0.464 e. The Bertz CT molecular complexity index is 127. The summed E-state index contributed by atoms with van der Waals surface area (Å²) in [5, 5.41) is 7.98. The lowest BCUT2D eigenvalue weighted by Gasteiger charge is -1.96. The summed E-state index contributed by atoms with van der Waals surface area (Å²) in [5.41, 5.74) is 4.90. The van der Waals surface area contributed by atoms with Gasteiger partial charge < -0.3 is 10.5 Å². The Labute approximate surface area is 53.2 Å². The summed E-state index contributed by atoms with van der Waals surface area (Å²) >= 11 is 0. The van der Waals surface area contributed by atoms with E-state index in [0.29, 0.717) is 0 Å². The molecule has 0 atom stereocenters. The Balaban J connectivity index is 3.09. The van der Waals surface area contributed by atoms with Gasteiger partial charge in [-0.05, 0) is 0 Å². The van der Waals surface area contributed by atoms with Gasteiger partial charge in [0.1, 0.15) is 6.61 Å². The molecule has 0 fully saturated rings. The van der Waals surface area contributed by atoms with Crippen LogP contribution in [0, 0.1) is 11.3 Å². The van der Waals surface area contributed by atoms with Gasteiger partial charge in [0.15, 0.2) is 0 Å². The van der Waals surface area contributed by atoms with Gasteiger partial charge in [0, 0.05) is 0 Å². The molecule has 0 spiro atoms. The maximum absolute atomic E-state index is 10.2. The predicted molar refractivity (Wildman–Crippen MR) is 30.2 cm³/mol. The van der Waals surface area contributed by atoms with E-state index in [9.17, 15) is 4.79 Å². The highest BCUT2D eigenvalue weighted by atomic mass is 16.5. The third kappa shape index (κ3) is 4.78. The highest BCUT2D eigenvalue weighted by Crippen LogP contribution is 1.79. The van der Waals surface area contributed by atoms with Crippen molar-refractivity contribution in [2.24, 2.45) is 5.73 Å². The lowest BCUT2D eigenvalue weighted by molar-refractivity contribution is -0.141. The molecule has 0 aliphatic heterocycles. The van der Waals surface area contributed by atoms with E-state index in [0.717, 1.165) is 0 Å². The molecule has 0 aromatic heterocycles. The fourth-order valence-corrected chi connectivity index (χ4v) is 0.269. The molecule has 0 heterocycles. The Morgan fingerprint density at radius 2 is 2.44 bits per heavy atom. The zero-order valence-electron chi connectivity index (χ0n) is 4.96. The fraction of sp³-hybridized carbons (Fsp3) is 0.600. The highest BCUT2D eigenvalue weighted by Gasteiger charge is 1.95. The number of carbonyl (C=O) groups is 1. The number of nitrogens with two attached hydrogens (primary N) is 1. The van der Waals surface area contributed by atoms with Crippen LogP contribution in [0.3, 0.4) is 0 Å². The van der Waals surface area contributed by atoms with Crippen LogP contribution in [0.25, 0.3) is 0 Å². The molecule has 0 bridgehead atoms. The number of hydrogen-bond donors (Lipinski definition) is 1. The third-order valence-corrected chi connectivity index (χ3v) is 0.644. The Hall–Kier alpha value is -1.08. The van der Waals surface area contributed by atoms with Gasteiger partial charge in [0.05, 0.1) is 19.0 Å². The molecule has 0 aliphatic rings. The Kier molecular flexibility index (Phi) is 4.46. The molecule has 0 aliphatic carbocycles. The molecule has 0 rings (SSSR count). The second-order valence-corrected chi connectivity index (χ2v) is 1.33. The lowest BCUT2D eigenvalue weighted by Crippen LogP contribution is -2.16. The molecule has 0 amide bonds. The average molecular weight is 128 g/mol. The summed E-state index contributed by atoms with van der Waals surface area (Å²) in [6, 6.07) is 1.83. The molecule has 0 saturated heterocycles. The van der Waals surface area contributed by atoms with Gasteiger partial charge in [0.2, 0.25) is 0 Å². The third-order valence-electron chi connectivity index (χ3n) is 0.644. The average Bonchev–Trinajstić information content (AvgIpc) is 1.89. The van der Waals surface area contributed by atoms with E-state index in [1.807, 2.05) is 6.07 Å². The van der Waals surface area contributed by atoms with Crippen molar-refractivity contribution in [3.05, 3.63) is 0 Å². The summed E-state index contributed by atoms with van der Waals surface area (Å²) < 4.78 is 4.45. The van der Waals surface area contributed by atoms with Crippen LogP contribution in [0.1, 0.15) is 6.42 Å². The maximum Gasteiger partial charge on any atom is 0.319 e. The molecule has 4 heteroatoms. The number of hydrogen-bond acceptors (Lipinski definition) is 4. The first-order chi connectivity index (χ1) is 4.31. The first kappa shape index (κ1) is 7.92. The second-order valence-electron chi connectivity index (χ2n) is 1.33. The van der Waals surface area contributed by atoms with Crippen molar-refractivity contribution >= 4 is 5.97 Å². The minimum absolute atomic E-state index is 0.120. The van der Waals surface area contributed by atoms with E-state index in [1.54, 1.807) is 0 Å². The smallest absolute Gasteiger partial charge is 0.319 e. The van der Waals surface area contributed by atoms with E-state index in [2.05, 4.69) is 4.74 Å². The quantitative estimate of drug-likeness (QED) is 0.407. The Morgan fingerprint density at radius 1 is 1.78 bits per heavy atom. The van der Waals surface area contributed by atoms with Crippen LogP contribution in [-0.4, -0.2) is 19.1 Å². The summed E-state index contributed by atoms with van der Waals surface area (Å²) in [6.07, 6.45) is 0.228. The zero-order chi connectivity index (χ0) is 7.11. The normalized spacial score (nSPS) is 8.00. The van der Waals surface area contributed by atoms with Gasteiger partial charge >= 0.3 is 5.97 Å². The monoisotopic (exact) mass is 128 g/mol. The summed E-state index contributed by atoms with van der Waals surface area (Å²) in [6.45, 7) is 0.0258. The van der Waals surface area contributed by atoms with Crippen LogP contribution in [-0.2, 0) is 9.53 Å². The van der Waals surface area contributed by atoms with Crippen LogP contribution in [0.15, 0.2) is 0 Å². The number of ether oxygens (including phenoxy) is 1. The van der Waals surface area contributed by atoms with Crippen LogP contribution >= 0.6 is 0 Å². The van der Waals surface area contributed by atoms with Crippen molar-refractivity contribution in [3.8, 4) is 6.07 Å². The Morgan fingerprint density at radius 3 is 2.89 bits per heavy atom. The molecule has 0 radical (unpaired) electrons. The molecule has 4 nitrogen and oxygen atoms in total. The van der Waals surface area contributed by atoms with Crippen LogP contribution < -0.4 is 5.73 Å². The number of esters is 1. The lowest BCUT2D eigenvalue weighted by atomic mass is 10.5. The maximum atomic E-state index is 10.2. The van der Waals surface area contributed by atoms with Crippen LogP contribution in [0.5, 0.6) is 0 Å². The van der Waals surface area contributed by atoms with E-state index >= 15 is 0 Å². The first-order valence-corrected chi connectivity index (χ1v) is 2.54. The fourth-order valence-electron chi connectivity index (χ4n) is 0.269. The van der Waals surface area contributed by atoms with E-state index in [1.165, 1.54) is 0 Å². The first-order valence-electron chi connectivity index (χ1n) is 2.54. The second kappa shape index (κ2) is 5.06. The molecule has 0 unspecified atom stereocenters. The number of nitrogens with zero attached hydrogens (tertiary/aromatic N) is 1. The van der Waals surface area contributed by atoms with Crippen molar-refractivity contribution in [3.63, 3.8) is 0 Å². The number of carbonyl (C=O) groups excluding carboxylic acids is 1. The molecular weight excluding hydrogens is 120 g/mol. The van der Waals surface area contributed by atoms with Gasteiger partial charge in [-0.2, -0.15) is 5.26 Å². The van der Waals surface area contributed by atoms with E-state index in [-0.39, 0.29) is 19.6 Å². The number of rotatable bonds is 3. The topological polar surface area (TPSA) is 76.1 Å². The molecule has 0 aromatic carbocycles. The van der Waals surface area contributed by atoms with Crippen LogP contribution in [0.2, 0.25) is 0 Å². The summed E-state index contributed by atoms with van der Waals surface area (Å²) in [7, 11) is 0. The zero-order valence-corrected chi connectivity index (χ0v) is 4.96. The van der Waals surface area contributed by atoms with E-state index < -0.39 is 5.97 Å². The SMILES string of the molecule is N#CCCOC(=O)CN. The standard InChI is InChI=1S/C5H8N2O2/c6-2-1-3-9-5(8)4-7/h1,3-4,7H2. The van der Waals surface area contributed by atoms with Gasteiger partial charge in [0.25, 0.3) is 0 Å². The van der Waals surface area contributed by atoms with Crippen molar-refractivity contribution in [2.45, 2.75) is 6.42 Å². The van der Waals surface area contributed by atoms with Crippen molar-refractivity contribution in [2.75, 3.05) is 13.2 Å². The molecule has 2 N–H and O–H groups in total. The minimum Gasteiger partial charge on any atom is -0.464 e. The van der Waals surface area contributed by atoms with E-state index in [4.69, 9.17) is 11.0 Å². The van der Waals surface area contributed by atoms with Crippen molar-refractivity contribution in [1.82, 2.24) is 0 Å². The van der Waals surface area contributed by atoms with Crippen LogP contribution in [0.4, 0.5) is 0 Å². The molecule has 9 heavy (non-hydrogen) atoms. The molecule has 0 aromatic rings. The molecule has 50 valence electrons. The predicted octanol–water partition coefficient (Wildman–Crippen LogP) is -0.598. The number of nitriles is 1. The van der Waals surface area contributed by atoms with Crippen molar-refractivity contribution < 1.29 is 9.53 Å². The van der Waals surface area contributed by atoms with Gasteiger partial charge in [-0.25, -0.2) is 0 Å². The summed E-state index contributed by atoms with van der Waals surface area (Å²) in [5.74, 6) is -0.467. The highest BCUT2D eigenvalue weighted by molar-refractivity contribution is 5.71. The summed E-state index contributed by atoms with van der Waals surface area (Å²) in [4.78, 5) is 10.2.